The lowest BCUT2D eigenvalue weighted by molar-refractivity contribution is -0.125. The average molecular weight is 327 g/mol. The largest absolute Gasteiger partial charge is 0.352 e. The standard InChI is InChI=1S/C17H21N5O2/c1-10-4-5-13-14(17(24)21-16(13)12(10)3)6-15(23)20-11(2)7-22-9-18-8-19-22/h4-5,8-9,11,14H,6-7H2,1-3H3,(H,20,23)(H,21,24). The molecule has 0 fully saturated rings. The molecular formula is C17H21N5O2. The van der Waals surface area contributed by atoms with Gasteiger partial charge in [0.25, 0.3) is 0 Å². The molecule has 7 heteroatoms. The fourth-order valence-corrected chi connectivity index (χ4v) is 3.02. The van der Waals surface area contributed by atoms with Gasteiger partial charge in [-0.2, -0.15) is 5.10 Å². The minimum absolute atomic E-state index is 0.0945. The van der Waals surface area contributed by atoms with E-state index in [2.05, 4.69) is 20.7 Å². The average Bonchev–Trinajstić information content (AvgIpc) is 3.12. The van der Waals surface area contributed by atoms with Gasteiger partial charge in [-0.25, -0.2) is 4.98 Å². The molecule has 2 amide bonds. The van der Waals surface area contributed by atoms with Gasteiger partial charge >= 0.3 is 0 Å². The highest BCUT2D eigenvalue weighted by atomic mass is 16.2. The molecule has 0 spiro atoms. The first-order valence-corrected chi connectivity index (χ1v) is 7.98. The molecule has 0 bridgehead atoms. The summed E-state index contributed by atoms with van der Waals surface area (Å²) in [4.78, 5) is 28.4. The smallest absolute Gasteiger partial charge is 0.232 e. The number of aryl methyl sites for hydroxylation is 1. The Bertz CT molecular complexity index is 770. The summed E-state index contributed by atoms with van der Waals surface area (Å²) in [6.45, 7) is 6.43. The van der Waals surface area contributed by atoms with E-state index in [-0.39, 0.29) is 24.3 Å². The summed E-state index contributed by atoms with van der Waals surface area (Å²) >= 11 is 0. The first-order valence-electron chi connectivity index (χ1n) is 7.98. The fourth-order valence-electron chi connectivity index (χ4n) is 3.02. The van der Waals surface area contributed by atoms with Crippen molar-refractivity contribution >= 4 is 17.5 Å². The van der Waals surface area contributed by atoms with Gasteiger partial charge < -0.3 is 10.6 Å². The topological polar surface area (TPSA) is 88.9 Å². The Hall–Kier alpha value is -2.70. The summed E-state index contributed by atoms with van der Waals surface area (Å²) in [7, 11) is 0. The number of rotatable bonds is 5. The van der Waals surface area contributed by atoms with Gasteiger partial charge in [-0.05, 0) is 37.5 Å². The van der Waals surface area contributed by atoms with E-state index < -0.39 is 5.92 Å². The zero-order chi connectivity index (χ0) is 17.3. The van der Waals surface area contributed by atoms with Gasteiger partial charge in [0.05, 0.1) is 12.5 Å². The van der Waals surface area contributed by atoms with Crippen LogP contribution >= 0.6 is 0 Å². The van der Waals surface area contributed by atoms with Gasteiger partial charge in [-0.1, -0.05) is 12.1 Å². The molecule has 2 aromatic rings. The van der Waals surface area contributed by atoms with Gasteiger partial charge in [0, 0.05) is 18.2 Å². The molecule has 7 nitrogen and oxygen atoms in total. The molecule has 0 saturated heterocycles. The van der Waals surface area contributed by atoms with E-state index in [0.29, 0.717) is 6.54 Å². The Morgan fingerprint density at radius 1 is 1.42 bits per heavy atom. The number of carbonyl (C=O) groups excluding carboxylic acids is 2. The summed E-state index contributed by atoms with van der Waals surface area (Å²) < 4.78 is 1.66. The SMILES string of the molecule is Cc1ccc2c(c1C)NC(=O)C2CC(=O)NC(C)Cn1cncn1. The van der Waals surface area contributed by atoms with Crippen molar-refractivity contribution < 1.29 is 9.59 Å². The molecule has 2 N–H and O–H groups in total. The molecule has 0 aliphatic carbocycles. The molecule has 2 atom stereocenters. The monoisotopic (exact) mass is 327 g/mol. The van der Waals surface area contributed by atoms with Crippen LogP contribution in [0.15, 0.2) is 24.8 Å². The number of fused-ring (bicyclic) bond motifs is 1. The minimum atomic E-state index is -0.433. The maximum absolute atomic E-state index is 12.3. The van der Waals surface area contributed by atoms with Crippen molar-refractivity contribution in [1.29, 1.82) is 0 Å². The van der Waals surface area contributed by atoms with Crippen LogP contribution in [0.5, 0.6) is 0 Å². The number of nitrogens with one attached hydrogen (secondary N) is 2. The Morgan fingerprint density at radius 3 is 2.92 bits per heavy atom. The maximum Gasteiger partial charge on any atom is 0.232 e. The molecule has 1 aromatic carbocycles. The quantitative estimate of drug-likeness (QED) is 0.871. The number of aromatic nitrogens is 3. The van der Waals surface area contributed by atoms with Crippen LogP contribution in [0.2, 0.25) is 0 Å². The second-order valence-corrected chi connectivity index (χ2v) is 6.30. The Balaban J connectivity index is 1.65. The van der Waals surface area contributed by atoms with Crippen LogP contribution in [0.4, 0.5) is 5.69 Å². The number of nitrogens with zero attached hydrogens (tertiary/aromatic N) is 3. The Morgan fingerprint density at radius 2 is 2.21 bits per heavy atom. The lowest BCUT2D eigenvalue weighted by Crippen LogP contribution is -2.37. The van der Waals surface area contributed by atoms with E-state index in [1.165, 1.54) is 6.33 Å². The Labute approximate surface area is 140 Å². The van der Waals surface area contributed by atoms with Crippen molar-refractivity contribution in [1.82, 2.24) is 20.1 Å². The first-order chi connectivity index (χ1) is 11.5. The second kappa shape index (κ2) is 6.43. The molecule has 24 heavy (non-hydrogen) atoms. The lowest BCUT2D eigenvalue weighted by atomic mass is 9.94. The molecule has 0 radical (unpaired) electrons. The zero-order valence-electron chi connectivity index (χ0n) is 14.0. The van der Waals surface area contributed by atoms with Gasteiger partial charge in [0.1, 0.15) is 12.7 Å². The molecule has 1 aliphatic heterocycles. The molecular weight excluding hydrogens is 306 g/mol. The van der Waals surface area contributed by atoms with Crippen molar-refractivity contribution in [3.63, 3.8) is 0 Å². The first kappa shape index (κ1) is 16.2. The van der Waals surface area contributed by atoms with E-state index in [1.807, 2.05) is 32.9 Å². The van der Waals surface area contributed by atoms with Crippen molar-refractivity contribution in [2.75, 3.05) is 5.32 Å². The van der Waals surface area contributed by atoms with Crippen LogP contribution in [0.25, 0.3) is 0 Å². The minimum Gasteiger partial charge on any atom is -0.352 e. The summed E-state index contributed by atoms with van der Waals surface area (Å²) in [5.41, 5.74) is 3.94. The molecule has 1 aromatic heterocycles. The number of hydrogen-bond acceptors (Lipinski definition) is 4. The lowest BCUT2D eigenvalue weighted by Gasteiger charge is -2.15. The summed E-state index contributed by atoms with van der Waals surface area (Å²) in [6, 6.07) is 3.84. The van der Waals surface area contributed by atoms with E-state index in [4.69, 9.17) is 0 Å². The van der Waals surface area contributed by atoms with Crippen LogP contribution in [-0.2, 0) is 16.1 Å². The number of anilines is 1. The third-order valence-electron chi connectivity index (χ3n) is 4.43. The van der Waals surface area contributed by atoms with E-state index in [9.17, 15) is 9.59 Å². The van der Waals surface area contributed by atoms with E-state index in [1.54, 1.807) is 11.0 Å². The van der Waals surface area contributed by atoms with Crippen LogP contribution < -0.4 is 10.6 Å². The van der Waals surface area contributed by atoms with Crippen LogP contribution in [0.3, 0.4) is 0 Å². The summed E-state index contributed by atoms with van der Waals surface area (Å²) in [5.74, 6) is -0.690. The highest BCUT2D eigenvalue weighted by Crippen LogP contribution is 2.37. The van der Waals surface area contributed by atoms with Crippen molar-refractivity contribution in [3.8, 4) is 0 Å². The van der Waals surface area contributed by atoms with Crippen LogP contribution in [-0.4, -0.2) is 32.6 Å². The highest BCUT2D eigenvalue weighted by molar-refractivity contribution is 6.05. The number of carbonyl (C=O) groups is 2. The Kier molecular flexibility index (Phi) is 4.33. The predicted molar refractivity (Wildman–Crippen MR) is 89.5 cm³/mol. The normalized spacial score (nSPS) is 17.3. The third-order valence-corrected chi connectivity index (χ3v) is 4.43. The fraction of sp³-hybridized carbons (Fsp3) is 0.412. The second-order valence-electron chi connectivity index (χ2n) is 6.30. The van der Waals surface area contributed by atoms with Gasteiger partial charge in [-0.15, -0.1) is 0 Å². The number of hydrogen-bond donors (Lipinski definition) is 2. The van der Waals surface area contributed by atoms with Gasteiger partial charge in [0.15, 0.2) is 0 Å². The molecule has 1 aliphatic rings. The maximum atomic E-state index is 12.3. The van der Waals surface area contributed by atoms with Crippen molar-refractivity contribution in [2.45, 2.75) is 45.7 Å². The number of benzene rings is 1. The molecule has 2 unspecified atom stereocenters. The molecule has 3 rings (SSSR count). The van der Waals surface area contributed by atoms with Crippen molar-refractivity contribution in [2.24, 2.45) is 0 Å². The highest BCUT2D eigenvalue weighted by Gasteiger charge is 2.33. The van der Waals surface area contributed by atoms with E-state index >= 15 is 0 Å². The molecule has 0 saturated carbocycles. The van der Waals surface area contributed by atoms with Gasteiger partial charge in [0.2, 0.25) is 11.8 Å². The molecule has 2 heterocycles. The summed E-state index contributed by atoms with van der Waals surface area (Å²) in [6.07, 6.45) is 3.20. The van der Waals surface area contributed by atoms with Crippen LogP contribution in [0.1, 0.15) is 36.0 Å². The molecule has 126 valence electrons. The predicted octanol–water partition coefficient (Wildman–Crippen LogP) is 1.53. The van der Waals surface area contributed by atoms with Crippen LogP contribution in [0, 0.1) is 13.8 Å². The van der Waals surface area contributed by atoms with Gasteiger partial charge in [-0.3, -0.25) is 14.3 Å². The third kappa shape index (κ3) is 3.15. The van der Waals surface area contributed by atoms with E-state index in [0.717, 1.165) is 22.4 Å². The van der Waals surface area contributed by atoms with Crippen molar-refractivity contribution in [3.05, 3.63) is 41.5 Å². The number of amides is 2. The zero-order valence-corrected chi connectivity index (χ0v) is 14.0. The summed E-state index contributed by atoms with van der Waals surface area (Å²) in [5, 5.41) is 9.84.